The van der Waals surface area contributed by atoms with Gasteiger partial charge in [-0.25, -0.2) is 0 Å². The van der Waals surface area contributed by atoms with Gasteiger partial charge in [0.25, 0.3) is 5.91 Å². The molecule has 8 heteroatoms. The molecule has 0 bridgehead atoms. The van der Waals surface area contributed by atoms with E-state index in [0.717, 1.165) is 15.6 Å². The molecule has 3 heterocycles. The highest BCUT2D eigenvalue weighted by Crippen LogP contribution is 2.18. The maximum Gasteiger partial charge on any atom is 0.272 e. The minimum absolute atomic E-state index is 0.0842. The molecule has 1 aromatic carbocycles. The molecule has 0 atom stereocenters. The van der Waals surface area contributed by atoms with Gasteiger partial charge in [-0.2, -0.15) is 5.10 Å². The Kier molecular flexibility index (Phi) is 5.71. The van der Waals surface area contributed by atoms with E-state index >= 15 is 0 Å². The molecule has 0 radical (unpaired) electrons. The Balaban J connectivity index is 1.33. The first-order valence-corrected chi connectivity index (χ1v) is 10.2. The number of benzene rings is 1. The van der Waals surface area contributed by atoms with Crippen molar-refractivity contribution in [1.29, 1.82) is 0 Å². The molecule has 2 amide bonds. The van der Waals surface area contributed by atoms with E-state index in [1.165, 1.54) is 0 Å². The molecule has 1 fully saturated rings. The lowest BCUT2D eigenvalue weighted by molar-refractivity contribution is -0.131. The Morgan fingerprint density at radius 2 is 1.62 bits per heavy atom. The number of carbonyl (C=O) groups excluding carboxylic acids is 2. The highest BCUT2D eigenvalue weighted by molar-refractivity contribution is 9.10. The maximum atomic E-state index is 12.8. The van der Waals surface area contributed by atoms with Crippen LogP contribution >= 0.6 is 15.9 Å². The second kappa shape index (κ2) is 8.57. The molecule has 1 saturated heterocycles. The number of halogens is 1. The number of piperazine rings is 1. The number of amides is 2. The third-order valence-electron chi connectivity index (χ3n) is 4.97. The van der Waals surface area contributed by atoms with Crippen LogP contribution in [0.1, 0.15) is 16.1 Å². The van der Waals surface area contributed by atoms with Gasteiger partial charge in [-0.15, -0.1) is 0 Å². The Morgan fingerprint density at radius 3 is 2.31 bits per heavy atom. The number of rotatable bonds is 4. The summed E-state index contributed by atoms with van der Waals surface area (Å²) in [5.41, 5.74) is 3.04. The highest BCUT2D eigenvalue weighted by atomic mass is 79.9. The van der Waals surface area contributed by atoms with Crippen molar-refractivity contribution in [3.63, 3.8) is 0 Å². The van der Waals surface area contributed by atoms with Crippen molar-refractivity contribution in [3.05, 3.63) is 70.6 Å². The van der Waals surface area contributed by atoms with Gasteiger partial charge in [0.15, 0.2) is 0 Å². The van der Waals surface area contributed by atoms with E-state index in [4.69, 9.17) is 0 Å². The van der Waals surface area contributed by atoms with Gasteiger partial charge in [-0.3, -0.25) is 19.7 Å². The summed E-state index contributed by atoms with van der Waals surface area (Å²) in [7, 11) is 0. The molecular formula is C21H20BrN5O2. The highest BCUT2D eigenvalue weighted by Gasteiger charge is 2.26. The lowest BCUT2D eigenvalue weighted by atomic mass is 10.1. The number of H-pyrrole nitrogens is 1. The minimum atomic E-state index is -0.0992. The van der Waals surface area contributed by atoms with Crippen molar-refractivity contribution in [2.75, 3.05) is 26.2 Å². The normalized spacial score (nSPS) is 14.1. The summed E-state index contributed by atoms with van der Waals surface area (Å²) < 4.78 is 0.992. The van der Waals surface area contributed by atoms with E-state index in [9.17, 15) is 9.59 Å². The lowest BCUT2D eigenvalue weighted by Crippen LogP contribution is -2.51. The van der Waals surface area contributed by atoms with Crippen LogP contribution < -0.4 is 0 Å². The van der Waals surface area contributed by atoms with Crippen LogP contribution in [0.2, 0.25) is 0 Å². The summed E-state index contributed by atoms with van der Waals surface area (Å²) >= 11 is 3.40. The first-order valence-electron chi connectivity index (χ1n) is 9.37. The number of nitrogens with one attached hydrogen (secondary N) is 1. The zero-order chi connectivity index (χ0) is 20.2. The lowest BCUT2D eigenvalue weighted by Gasteiger charge is -2.34. The van der Waals surface area contributed by atoms with Crippen LogP contribution in [-0.2, 0) is 11.2 Å². The molecule has 4 rings (SSSR count). The van der Waals surface area contributed by atoms with E-state index in [1.807, 2.05) is 41.3 Å². The maximum absolute atomic E-state index is 12.8. The number of carbonyl (C=O) groups is 2. The van der Waals surface area contributed by atoms with Gasteiger partial charge in [0.2, 0.25) is 5.91 Å². The Bertz CT molecular complexity index is 995. The van der Waals surface area contributed by atoms with E-state index in [2.05, 4.69) is 31.1 Å². The van der Waals surface area contributed by atoms with Crippen molar-refractivity contribution in [3.8, 4) is 11.3 Å². The fraction of sp³-hybridized carbons (Fsp3) is 0.238. The van der Waals surface area contributed by atoms with E-state index in [0.29, 0.717) is 44.0 Å². The zero-order valence-electron chi connectivity index (χ0n) is 15.7. The fourth-order valence-corrected chi connectivity index (χ4v) is 3.58. The average molecular weight is 454 g/mol. The molecule has 2 aromatic heterocycles. The van der Waals surface area contributed by atoms with Crippen LogP contribution in [0.4, 0.5) is 0 Å². The standard InChI is InChI=1S/C21H20BrN5O2/c22-17-3-1-15(2-4-17)13-20(28)26-9-11-27(12-10-26)21(29)19-14-18(24-25-19)16-5-7-23-8-6-16/h1-8,14H,9-13H2,(H,24,25). The monoisotopic (exact) mass is 453 g/mol. The van der Waals surface area contributed by atoms with Gasteiger partial charge < -0.3 is 9.80 Å². The molecule has 148 valence electrons. The van der Waals surface area contributed by atoms with Gasteiger partial charge in [0, 0.05) is 48.6 Å². The van der Waals surface area contributed by atoms with Crippen LogP contribution in [-0.4, -0.2) is 63.0 Å². The van der Waals surface area contributed by atoms with Crippen molar-refractivity contribution in [2.24, 2.45) is 0 Å². The second-order valence-corrected chi connectivity index (χ2v) is 7.79. The Labute approximate surface area is 176 Å². The van der Waals surface area contributed by atoms with E-state index in [-0.39, 0.29) is 11.8 Å². The number of aromatic nitrogens is 3. The van der Waals surface area contributed by atoms with Crippen molar-refractivity contribution in [2.45, 2.75) is 6.42 Å². The Morgan fingerprint density at radius 1 is 0.966 bits per heavy atom. The fourth-order valence-electron chi connectivity index (χ4n) is 3.32. The molecule has 0 spiro atoms. The van der Waals surface area contributed by atoms with Gasteiger partial charge in [0.1, 0.15) is 5.69 Å². The minimum Gasteiger partial charge on any atom is -0.339 e. The van der Waals surface area contributed by atoms with Gasteiger partial charge in [0.05, 0.1) is 12.1 Å². The van der Waals surface area contributed by atoms with Crippen LogP contribution in [0.15, 0.2) is 59.3 Å². The Hall–Kier alpha value is -3.00. The predicted molar refractivity (Wildman–Crippen MR) is 112 cm³/mol. The molecular weight excluding hydrogens is 434 g/mol. The summed E-state index contributed by atoms with van der Waals surface area (Å²) in [5.74, 6) is -0.0150. The van der Waals surface area contributed by atoms with E-state index in [1.54, 1.807) is 23.4 Å². The molecule has 0 aliphatic carbocycles. The average Bonchev–Trinajstić information content (AvgIpc) is 3.26. The molecule has 3 aromatic rings. The third kappa shape index (κ3) is 4.54. The van der Waals surface area contributed by atoms with Crippen LogP contribution in [0, 0.1) is 0 Å². The van der Waals surface area contributed by atoms with E-state index < -0.39 is 0 Å². The van der Waals surface area contributed by atoms with Gasteiger partial charge in [-0.05, 0) is 35.9 Å². The number of hydrogen-bond acceptors (Lipinski definition) is 4. The summed E-state index contributed by atoms with van der Waals surface area (Å²) in [6.45, 7) is 2.09. The topological polar surface area (TPSA) is 82.2 Å². The number of aromatic amines is 1. The van der Waals surface area contributed by atoms with Gasteiger partial charge in [-0.1, -0.05) is 28.1 Å². The molecule has 29 heavy (non-hydrogen) atoms. The molecule has 1 N–H and O–H groups in total. The first kappa shape index (κ1) is 19.3. The summed E-state index contributed by atoms with van der Waals surface area (Å²) in [6.07, 6.45) is 3.75. The third-order valence-corrected chi connectivity index (χ3v) is 5.50. The van der Waals surface area contributed by atoms with Crippen LogP contribution in [0.3, 0.4) is 0 Å². The zero-order valence-corrected chi connectivity index (χ0v) is 17.3. The molecule has 0 saturated carbocycles. The van der Waals surface area contributed by atoms with Crippen molar-refractivity contribution in [1.82, 2.24) is 25.0 Å². The summed E-state index contributed by atoms with van der Waals surface area (Å²) in [5, 5.41) is 7.06. The molecule has 7 nitrogen and oxygen atoms in total. The van der Waals surface area contributed by atoms with Crippen LogP contribution in [0.25, 0.3) is 11.3 Å². The number of hydrogen-bond donors (Lipinski definition) is 1. The largest absolute Gasteiger partial charge is 0.339 e. The predicted octanol–water partition coefficient (Wildman–Crippen LogP) is 2.76. The smallest absolute Gasteiger partial charge is 0.272 e. The quantitative estimate of drug-likeness (QED) is 0.658. The number of nitrogens with zero attached hydrogens (tertiary/aromatic N) is 4. The van der Waals surface area contributed by atoms with Crippen molar-refractivity contribution >= 4 is 27.7 Å². The van der Waals surface area contributed by atoms with Gasteiger partial charge >= 0.3 is 0 Å². The first-order chi connectivity index (χ1) is 14.1. The number of pyridine rings is 1. The van der Waals surface area contributed by atoms with Crippen molar-refractivity contribution < 1.29 is 9.59 Å². The second-order valence-electron chi connectivity index (χ2n) is 6.88. The molecule has 1 aliphatic heterocycles. The SMILES string of the molecule is O=C(Cc1ccc(Br)cc1)N1CCN(C(=O)c2cc(-c3ccncc3)n[nH]2)CC1. The van der Waals surface area contributed by atoms with Crippen LogP contribution in [0.5, 0.6) is 0 Å². The summed E-state index contributed by atoms with van der Waals surface area (Å²) in [6, 6.07) is 13.2. The molecule has 0 unspecified atom stereocenters. The summed E-state index contributed by atoms with van der Waals surface area (Å²) in [4.78, 5) is 32.9. The molecule has 1 aliphatic rings.